The van der Waals surface area contributed by atoms with Crippen molar-refractivity contribution in [2.45, 2.75) is 27.3 Å². The number of nitrogens with one attached hydrogen (secondary N) is 1. The van der Waals surface area contributed by atoms with Gasteiger partial charge in [0.2, 0.25) is 0 Å². The summed E-state index contributed by atoms with van der Waals surface area (Å²) in [4.78, 5) is 10.8. The fourth-order valence-electron chi connectivity index (χ4n) is 1.56. The fraction of sp³-hybridized carbons (Fsp3) is 0.636. The van der Waals surface area contributed by atoms with E-state index in [-0.39, 0.29) is 0 Å². The highest BCUT2D eigenvalue weighted by molar-refractivity contribution is 5.28. The first-order valence-corrected chi connectivity index (χ1v) is 5.65. The summed E-state index contributed by atoms with van der Waals surface area (Å²) in [5.74, 6) is 6.49. The third-order valence-corrected chi connectivity index (χ3v) is 2.31. The van der Waals surface area contributed by atoms with Gasteiger partial charge in [0.25, 0.3) is 0 Å². The summed E-state index contributed by atoms with van der Waals surface area (Å²) in [6.07, 6.45) is 3.41. The Balaban J connectivity index is 2.56. The van der Waals surface area contributed by atoms with Crippen LogP contribution in [0, 0.1) is 5.92 Å². The zero-order valence-corrected chi connectivity index (χ0v) is 10.3. The number of nitrogens with two attached hydrogens (primary N) is 1. The van der Waals surface area contributed by atoms with Gasteiger partial charge in [-0.05, 0) is 12.5 Å². The number of nitrogens with zero attached hydrogens (tertiary/aromatic N) is 3. The summed E-state index contributed by atoms with van der Waals surface area (Å²) in [6.45, 7) is 9.54. The highest BCUT2D eigenvalue weighted by Gasteiger charge is 2.07. The van der Waals surface area contributed by atoms with Gasteiger partial charge in [-0.15, -0.1) is 0 Å². The maximum atomic E-state index is 5.23. The molecule has 5 heteroatoms. The van der Waals surface area contributed by atoms with Crippen LogP contribution in [0.3, 0.4) is 0 Å². The Hall–Kier alpha value is -1.20. The summed E-state index contributed by atoms with van der Waals surface area (Å²) in [6, 6.07) is 0. The van der Waals surface area contributed by atoms with E-state index in [1.165, 1.54) is 0 Å². The van der Waals surface area contributed by atoms with Gasteiger partial charge in [0.1, 0.15) is 0 Å². The predicted molar refractivity (Wildman–Crippen MR) is 65.6 cm³/mol. The van der Waals surface area contributed by atoms with Crippen LogP contribution in [0.2, 0.25) is 0 Å². The van der Waals surface area contributed by atoms with E-state index in [2.05, 4.69) is 41.1 Å². The van der Waals surface area contributed by atoms with Crippen molar-refractivity contribution in [2.75, 3.05) is 18.5 Å². The van der Waals surface area contributed by atoms with Gasteiger partial charge in [-0.3, -0.25) is 9.88 Å². The molecule has 16 heavy (non-hydrogen) atoms. The third-order valence-electron chi connectivity index (χ3n) is 2.31. The fourth-order valence-corrected chi connectivity index (χ4v) is 1.56. The van der Waals surface area contributed by atoms with Gasteiger partial charge < -0.3 is 5.43 Å². The molecule has 1 aromatic rings. The first kappa shape index (κ1) is 12.9. The number of hydrogen-bond acceptors (Lipinski definition) is 5. The molecular formula is C11H21N5. The molecule has 0 radical (unpaired) electrons. The highest BCUT2D eigenvalue weighted by Crippen LogP contribution is 2.05. The summed E-state index contributed by atoms with van der Waals surface area (Å²) < 4.78 is 0. The van der Waals surface area contributed by atoms with Crippen molar-refractivity contribution in [3.8, 4) is 0 Å². The number of nitrogen functional groups attached to an aromatic ring is 1. The molecule has 0 aromatic carbocycles. The van der Waals surface area contributed by atoms with Crippen LogP contribution in [-0.2, 0) is 6.54 Å². The summed E-state index contributed by atoms with van der Waals surface area (Å²) in [7, 11) is 0. The van der Waals surface area contributed by atoms with Crippen molar-refractivity contribution in [1.29, 1.82) is 0 Å². The smallest absolute Gasteiger partial charge is 0.158 e. The van der Waals surface area contributed by atoms with Crippen LogP contribution < -0.4 is 11.3 Å². The number of hydrogen-bond donors (Lipinski definition) is 2. The molecule has 0 aliphatic heterocycles. The molecule has 0 saturated carbocycles. The zero-order chi connectivity index (χ0) is 12.0. The first-order chi connectivity index (χ1) is 7.65. The molecule has 0 fully saturated rings. The van der Waals surface area contributed by atoms with Crippen molar-refractivity contribution < 1.29 is 0 Å². The molecule has 1 heterocycles. The van der Waals surface area contributed by atoms with Crippen molar-refractivity contribution in [2.24, 2.45) is 11.8 Å². The minimum absolute atomic E-state index is 0.593. The minimum Gasteiger partial charge on any atom is -0.307 e. The van der Waals surface area contributed by atoms with Gasteiger partial charge in [-0.2, -0.15) is 0 Å². The molecule has 0 atom stereocenters. The average molecular weight is 223 g/mol. The molecule has 1 aromatic heterocycles. The Morgan fingerprint density at radius 1 is 1.38 bits per heavy atom. The topological polar surface area (TPSA) is 67.1 Å². The Bertz CT molecular complexity index is 296. The standard InChI is InChI=1S/C11H21N5/c1-4-16(7-9(2)3)8-10-5-14-11(15-12)6-13-10/h5-6,9H,4,7-8,12H2,1-3H3,(H,14,15). The summed E-state index contributed by atoms with van der Waals surface area (Å²) in [5, 5.41) is 0. The highest BCUT2D eigenvalue weighted by atomic mass is 15.3. The van der Waals surface area contributed by atoms with Gasteiger partial charge >= 0.3 is 0 Å². The second kappa shape index (κ2) is 6.40. The van der Waals surface area contributed by atoms with Crippen LogP contribution in [0.5, 0.6) is 0 Å². The van der Waals surface area contributed by atoms with Crippen molar-refractivity contribution in [1.82, 2.24) is 14.9 Å². The Morgan fingerprint density at radius 2 is 2.12 bits per heavy atom. The summed E-state index contributed by atoms with van der Waals surface area (Å²) in [5.41, 5.74) is 3.44. The number of anilines is 1. The lowest BCUT2D eigenvalue weighted by Gasteiger charge is -2.21. The largest absolute Gasteiger partial charge is 0.307 e. The van der Waals surface area contributed by atoms with Crippen molar-refractivity contribution in [3.63, 3.8) is 0 Å². The lowest BCUT2D eigenvalue weighted by atomic mass is 10.2. The molecule has 5 nitrogen and oxygen atoms in total. The average Bonchev–Trinajstić information content (AvgIpc) is 2.28. The quantitative estimate of drug-likeness (QED) is 0.561. The number of hydrazine groups is 1. The Labute approximate surface area is 97.0 Å². The van der Waals surface area contributed by atoms with E-state index in [0.717, 1.165) is 25.3 Å². The van der Waals surface area contributed by atoms with Crippen LogP contribution >= 0.6 is 0 Å². The zero-order valence-electron chi connectivity index (χ0n) is 10.3. The van der Waals surface area contributed by atoms with E-state index in [4.69, 9.17) is 5.84 Å². The van der Waals surface area contributed by atoms with Gasteiger partial charge in [0.15, 0.2) is 5.82 Å². The van der Waals surface area contributed by atoms with Crippen LogP contribution in [0.25, 0.3) is 0 Å². The number of aromatic nitrogens is 2. The lowest BCUT2D eigenvalue weighted by Crippen LogP contribution is -2.27. The third kappa shape index (κ3) is 4.12. The maximum Gasteiger partial charge on any atom is 0.158 e. The van der Waals surface area contributed by atoms with E-state index in [1.807, 2.05) is 0 Å². The molecule has 1 rings (SSSR count). The first-order valence-electron chi connectivity index (χ1n) is 5.65. The summed E-state index contributed by atoms with van der Waals surface area (Å²) >= 11 is 0. The van der Waals surface area contributed by atoms with Crippen LogP contribution in [0.15, 0.2) is 12.4 Å². The molecule has 0 spiro atoms. The Morgan fingerprint density at radius 3 is 2.56 bits per heavy atom. The van der Waals surface area contributed by atoms with E-state index < -0.39 is 0 Å². The van der Waals surface area contributed by atoms with Crippen molar-refractivity contribution in [3.05, 3.63) is 18.1 Å². The maximum absolute atomic E-state index is 5.23. The van der Waals surface area contributed by atoms with Crippen molar-refractivity contribution >= 4 is 5.82 Å². The molecule has 0 bridgehead atoms. The molecule has 3 N–H and O–H groups in total. The minimum atomic E-state index is 0.593. The SMILES string of the molecule is CCN(Cc1cnc(NN)cn1)CC(C)C. The molecule has 0 aliphatic carbocycles. The second-order valence-electron chi connectivity index (χ2n) is 4.26. The van der Waals surface area contributed by atoms with E-state index in [0.29, 0.717) is 11.7 Å². The van der Waals surface area contributed by atoms with Crippen LogP contribution in [-0.4, -0.2) is 28.0 Å². The lowest BCUT2D eigenvalue weighted by molar-refractivity contribution is 0.245. The molecule has 0 amide bonds. The van der Waals surface area contributed by atoms with E-state index in [1.54, 1.807) is 12.4 Å². The van der Waals surface area contributed by atoms with E-state index in [9.17, 15) is 0 Å². The van der Waals surface area contributed by atoms with E-state index >= 15 is 0 Å². The van der Waals surface area contributed by atoms with Gasteiger partial charge in [0, 0.05) is 13.1 Å². The van der Waals surface area contributed by atoms with Gasteiger partial charge in [-0.25, -0.2) is 10.8 Å². The molecule has 0 unspecified atom stereocenters. The van der Waals surface area contributed by atoms with Crippen LogP contribution in [0.1, 0.15) is 26.5 Å². The molecular weight excluding hydrogens is 202 g/mol. The second-order valence-corrected chi connectivity index (χ2v) is 4.26. The molecule has 0 saturated heterocycles. The molecule has 0 aliphatic rings. The van der Waals surface area contributed by atoms with Gasteiger partial charge in [0.05, 0.1) is 18.1 Å². The monoisotopic (exact) mass is 223 g/mol. The molecule has 90 valence electrons. The Kier molecular flexibility index (Phi) is 5.14. The normalized spacial score (nSPS) is 11.1. The van der Waals surface area contributed by atoms with Gasteiger partial charge in [-0.1, -0.05) is 20.8 Å². The van der Waals surface area contributed by atoms with Crippen LogP contribution in [0.4, 0.5) is 5.82 Å². The number of rotatable bonds is 6. The predicted octanol–water partition coefficient (Wildman–Crippen LogP) is 1.24.